The molecule has 2 nitrogen and oxygen atoms in total. The lowest BCUT2D eigenvalue weighted by Gasteiger charge is -2.05. The summed E-state index contributed by atoms with van der Waals surface area (Å²) in [6.45, 7) is 0.806. The first-order chi connectivity index (χ1) is 8.34. The highest BCUT2D eigenvalue weighted by Crippen LogP contribution is 2.28. The van der Waals surface area contributed by atoms with Gasteiger partial charge in [0.05, 0.1) is 6.54 Å². The zero-order valence-electron chi connectivity index (χ0n) is 8.81. The second-order valence-electron chi connectivity index (χ2n) is 3.54. The first-order valence-corrected chi connectivity index (χ1v) is 7.68. The van der Waals surface area contributed by atoms with Gasteiger partial charge >= 0.3 is 0 Å². The summed E-state index contributed by atoms with van der Waals surface area (Å²) in [5.74, 6) is 0.962. The normalized spacial score (nSPS) is 10.9. The number of anilines is 1. The van der Waals surface area contributed by atoms with Crippen molar-refractivity contribution in [2.45, 2.75) is 6.54 Å². The van der Waals surface area contributed by atoms with E-state index >= 15 is 0 Å². The third kappa shape index (κ3) is 2.22. The average Bonchev–Trinajstić information content (AvgIpc) is 2.95. The molecule has 5 heteroatoms. The molecule has 3 heterocycles. The molecule has 0 unspecified atom stereocenters. The maximum absolute atomic E-state index is 4.39. The van der Waals surface area contributed by atoms with Crippen LogP contribution in [0.25, 0.3) is 10.1 Å². The Kier molecular flexibility index (Phi) is 3.13. The highest BCUT2D eigenvalue weighted by Gasteiger charge is 2.05. The molecule has 0 aliphatic heterocycles. The highest BCUT2D eigenvalue weighted by molar-refractivity contribution is 9.10. The summed E-state index contributed by atoms with van der Waals surface area (Å²) in [4.78, 5) is 5.68. The van der Waals surface area contributed by atoms with E-state index in [4.69, 9.17) is 0 Å². The third-order valence-corrected chi connectivity index (χ3v) is 5.30. The Morgan fingerprint density at radius 3 is 2.88 bits per heavy atom. The van der Waals surface area contributed by atoms with E-state index in [2.05, 4.69) is 49.1 Å². The SMILES string of the molecule is Brc1ccsc1CNc1nccc2sccc12. The number of nitrogens with one attached hydrogen (secondary N) is 1. The predicted octanol–water partition coefficient (Wildman–Crippen LogP) is 4.73. The number of rotatable bonds is 3. The zero-order chi connectivity index (χ0) is 11.7. The van der Waals surface area contributed by atoms with Gasteiger partial charge in [-0.05, 0) is 44.9 Å². The molecule has 3 aromatic heterocycles. The summed E-state index contributed by atoms with van der Waals surface area (Å²) in [7, 11) is 0. The summed E-state index contributed by atoms with van der Waals surface area (Å²) in [6.07, 6.45) is 1.85. The minimum absolute atomic E-state index is 0.806. The molecular formula is C12H9BrN2S2. The Morgan fingerprint density at radius 2 is 2.06 bits per heavy atom. The monoisotopic (exact) mass is 324 g/mol. The fourth-order valence-corrected chi connectivity index (χ4v) is 3.86. The van der Waals surface area contributed by atoms with Gasteiger partial charge in [-0.2, -0.15) is 0 Å². The van der Waals surface area contributed by atoms with E-state index in [9.17, 15) is 0 Å². The van der Waals surface area contributed by atoms with Crippen molar-refractivity contribution in [2.24, 2.45) is 0 Å². The van der Waals surface area contributed by atoms with Gasteiger partial charge in [-0.15, -0.1) is 22.7 Å². The summed E-state index contributed by atoms with van der Waals surface area (Å²) in [5, 5.41) is 8.77. The van der Waals surface area contributed by atoms with E-state index in [1.165, 1.54) is 15.0 Å². The number of nitrogens with zero attached hydrogens (tertiary/aromatic N) is 1. The van der Waals surface area contributed by atoms with Crippen LogP contribution in [0.5, 0.6) is 0 Å². The van der Waals surface area contributed by atoms with Crippen LogP contribution in [-0.4, -0.2) is 4.98 Å². The Morgan fingerprint density at radius 1 is 1.18 bits per heavy atom. The fraction of sp³-hybridized carbons (Fsp3) is 0.0833. The van der Waals surface area contributed by atoms with Crippen LogP contribution in [0.15, 0.2) is 39.6 Å². The summed E-state index contributed by atoms with van der Waals surface area (Å²) >= 11 is 7.02. The van der Waals surface area contributed by atoms with Crippen molar-refractivity contribution in [3.8, 4) is 0 Å². The van der Waals surface area contributed by atoms with Crippen LogP contribution in [0.2, 0.25) is 0 Å². The van der Waals surface area contributed by atoms with Gasteiger partial charge < -0.3 is 5.32 Å². The third-order valence-electron chi connectivity index (χ3n) is 2.49. The first-order valence-electron chi connectivity index (χ1n) is 5.12. The van der Waals surface area contributed by atoms with Gasteiger partial charge in [0.25, 0.3) is 0 Å². The highest BCUT2D eigenvalue weighted by atomic mass is 79.9. The van der Waals surface area contributed by atoms with Crippen molar-refractivity contribution < 1.29 is 0 Å². The van der Waals surface area contributed by atoms with E-state index in [-0.39, 0.29) is 0 Å². The molecule has 1 N–H and O–H groups in total. The van der Waals surface area contributed by atoms with Crippen molar-refractivity contribution in [1.29, 1.82) is 0 Å². The molecule has 17 heavy (non-hydrogen) atoms. The number of hydrogen-bond acceptors (Lipinski definition) is 4. The van der Waals surface area contributed by atoms with Gasteiger partial charge in [0, 0.05) is 25.6 Å². The molecule has 0 aliphatic rings. The van der Waals surface area contributed by atoms with Crippen LogP contribution in [0.4, 0.5) is 5.82 Å². The average molecular weight is 325 g/mol. The van der Waals surface area contributed by atoms with Gasteiger partial charge in [-0.1, -0.05) is 0 Å². The van der Waals surface area contributed by atoms with Crippen LogP contribution in [0, 0.1) is 0 Å². The van der Waals surface area contributed by atoms with Crippen molar-refractivity contribution in [3.05, 3.63) is 44.5 Å². The second-order valence-corrected chi connectivity index (χ2v) is 6.34. The minimum atomic E-state index is 0.806. The van der Waals surface area contributed by atoms with E-state index < -0.39 is 0 Å². The maximum atomic E-state index is 4.39. The van der Waals surface area contributed by atoms with Crippen LogP contribution in [0.1, 0.15) is 4.88 Å². The molecule has 0 saturated carbocycles. The Labute approximate surface area is 115 Å². The lowest BCUT2D eigenvalue weighted by molar-refractivity contribution is 1.15. The van der Waals surface area contributed by atoms with Crippen molar-refractivity contribution in [1.82, 2.24) is 4.98 Å². The van der Waals surface area contributed by atoms with Crippen LogP contribution in [0.3, 0.4) is 0 Å². The largest absolute Gasteiger partial charge is 0.365 e. The summed E-state index contributed by atoms with van der Waals surface area (Å²) in [6, 6.07) is 6.23. The molecule has 0 fully saturated rings. The van der Waals surface area contributed by atoms with Gasteiger partial charge in [0.15, 0.2) is 0 Å². The smallest absolute Gasteiger partial charge is 0.134 e. The quantitative estimate of drug-likeness (QED) is 0.753. The molecule has 3 rings (SSSR count). The Hall–Kier alpha value is -0.910. The molecule has 0 saturated heterocycles. The maximum Gasteiger partial charge on any atom is 0.134 e. The van der Waals surface area contributed by atoms with Gasteiger partial charge in [0.1, 0.15) is 5.82 Å². The van der Waals surface area contributed by atoms with Gasteiger partial charge in [-0.3, -0.25) is 0 Å². The van der Waals surface area contributed by atoms with Crippen molar-refractivity contribution >= 4 is 54.5 Å². The second kappa shape index (κ2) is 4.76. The van der Waals surface area contributed by atoms with E-state index in [1.807, 2.05) is 12.3 Å². The van der Waals surface area contributed by atoms with Crippen LogP contribution in [-0.2, 0) is 6.54 Å². The number of halogens is 1. The van der Waals surface area contributed by atoms with Crippen molar-refractivity contribution in [2.75, 3.05) is 5.32 Å². The number of aromatic nitrogens is 1. The number of fused-ring (bicyclic) bond motifs is 1. The lowest BCUT2D eigenvalue weighted by atomic mass is 10.3. The minimum Gasteiger partial charge on any atom is -0.365 e. The van der Waals surface area contributed by atoms with E-state index in [0.29, 0.717) is 0 Å². The molecule has 0 aromatic carbocycles. The van der Waals surface area contributed by atoms with Gasteiger partial charge in [-0.25, -0.2) is 4.98 Å². The standard InChI is InChI=1S/C12H9BrN2S2/c13-9-3-6-17-11(9)7-15-12-8-2-5-16-10(8)1-4-14-12/h1-6H,7H2,(H,14,15). The predicted molar refractivity (Wildman–Crippen MR) is 79.0 cm³/mol. The topological polar surface area (TPSA) is 24.9 Å². The van der Waals surface area contributed by atoms with Crippen molar-refractivity contribution in [3.63, 3.8) is 0 Å². The van der Waals surface area contributed by atoms with E-state index in [1.54, 1.807) is 22.7 Å². The van der Waals surface area contributed by atoms with Crippen LogP contribution < -0.4 is 5.32 Å². The molecule has 0 radical (unpaired) electrons. The zero-order valence-corrected chi connectivity index (χ0v) is 12.0. The summed E-state index contributed by atoms with van der Waals surface area (Å²) < 4.78 is 2.43. The van der Waals surface area contributed by atoms with Gasteiger partial charge in [0.2, 0.25) is 0 Å². The molecule has 0 amide bonds. The first kappa shape index (κ1) is 11.2. The molecule has 3 aromatic rings. The summed E-state index contributed by atoms with van der Waals surface area (Å²) in [5.41, 5.74) is 0. The molecular weight excluding hydrogens is 316 g/mol. The fourth-order valence-electron chi connectivity index (χ4n) is 1.65. The molecule has 0 bridgehead atoms. The van der Waals surface area contributed by atoms with Crippen LogP contribution >= 0.6 is 38.6 Å². The molecule has 86 valence electrons. The number of hydrogen-bond donors (Lipinski definition) is 1. The Bertz CT molecular complexity index is 645. The lowest BCUT2D eigenvalue weighted by Crippen LogP contribution is -2.00. The molecule has 0 atom stereocenters. The molecule has 0 aliphatic carbocycles. The number of thiophene rings is 2. The van der Waals surface area contributed by atoms with E-state index in [0.717, 1.165) is 16.8 Å². The Balaban J connectivity index is 1.86. The number of pyridine rings is 1. The molecule has 0 spiro atoms.